The number of anilines is 1. The SMILES string of the molecule is COc1ccccc1N1CC(C(=O)NC(c2ccccc2)C(C)C(=O)O)CC1=O. The Morgan fingerprint density at radius 1 is 1.14 bits per heavy atom. The van der Waals surface area contributed by atoms with Gasteiger partial charge in [-0.25, -0.2) is 0 Å². The highest BCUT2D eigenvalue weighted by Crippen LogP contribution is 2.33. The number of aliphatic carboxylic acids is 1. The fourth-order valence-electron chi connectivity index (χ4n) is 3.54. The Morgan fingerprint density at radius 2 is 1.79 bits per heavy atom. The van der Waals surface area contributed by atoms with Gasteiger partial charge in [0.1, 0.15) is 5.75 Å². The predicted molar refractivity (Wildman–Crippen MR) is 108 cm³/mol. The van der Waals surface area contributed by atoms with E-state index in [0.717, 1.165) is 0 Å². The molecule has 2 amide bonds. The van der Waals surface area contributed by atoms with Crippen LogP contribution in [-0.4, -0.2) is 36.5 Å². The van der Waals surface area contributed by atoms with Crippen LogP contribution in [0.2, 0.25) is 0 Å². The molecule has 3 rings (SSSR count). The highest BCUT2D eigenvalue weighted by molar-refractivity contribution is 6.01. The van der Waals surface area contributed by atoms with E-state index in [1.165, 1.54) is 7.11 Å². The van der Waals surface area contributed by atoms with E-state index < -0.39 is 23.8 Å². The monoisotopic (exact) mass is 396 g/mol. The highest BCUT2D eigenvalue weighted by atomic mass is 16.5. The summed E-state index contributed by atoms with van der Waals surface area (Å²) in [5.41, 5.74) is 1.33. The minimum atomic E-state index is -1.00. The lowest BCUT2D eigenvalue weighted by Gasteiger charge is -2.25. The summed E-state index contributed by atoms with van der Waals surface area (Å²) in [4.78, 5) is 38.6. The first-order valence-electron chi connectivity index (χ1n) is 9.44. The van der Waals surface area contributed by atoms with Gasteiger partial charge in [0.05, 0.1) is 30.7 Å². The van der Waals surface area contributed by atoms with E-state index in [4.69, 9.17) is 4.74 Å². The number of para-hydroxylation sites is 2. The standard InChI is InChI=1S/C22H24N2O5/c1-14(22(27)28)20(15-8-4-3-5-9-15)23-21(26)16-12-19(25)24(13-16)17-10-6-7-11-18(17)29-2/h3-11,14,16,20H,12-13H2,1-2H3,(H,23,26)(H,27,28). The van der Waals surface area contributed by atoms with Crippen LogP contribution >= 0.6 is 0 Å². The van der Waals surface area contributed by atoms with Gasteiger partial charge in [-0.05, 0) is 24.6 Å². The topological polar surface area (TPSA) is 95.9 Å². The van der Waals surface area contributed by atoms with Gasteiger partial charge >= 0.3 is 5.97 Å². The molecule has 7 heteroatoms. The molecule has 0 radical (unpaired) electrons. The zero-order valence-corrected chi connectivity index (χ0v) is 16.4. The quantitative estimate of drug-likeness (QED) is 0.750. The molecule has 2 aromatic rings. The molecule has 152 valence electrons. The molecule has 0 aliphatic carbocycles. The van der Waals surface area contributed by atoms with Crippen molar-refractivity contribution >= 4 is 23.5 Å². The fraction of sp³-hybridized carbons (Fsp3) is 0.318. The van der Waals surface area contributed by atoms with E-state index in [-0.39, 0.29) is 24.8 Å². The van der Waals surface area contributed by atoms with Gasteiger partial charge in [-0.15, -0.1) is 0 Å². The van der Waals surface area contributed by atoms with Crippen molar-refractivity contribution in [1.29, 1.82) is 0 Å². The Kier molecular flexibility index (Phi) is 6.16. The Labute approximate surface area is 169 Å². The lowest BCUT2D eigenvalue weighted by Crippen LogP contribution is -2.39. The smallest absolute Gasteiger partial charge is 0.308 e. The number of carbonyl (C=O) groups is 3. The first kappa shape index (κ1) is 20.4. The molecule has 7 nitrogen and oxygen atoms in total. The number of carboxylic acids is 1. The molecule has 2 aromatic carbocycles. The van der Waals surface area contributed by atoms with E-state index >= 15 is 0 Å². The van der Waals surface area contributed by atoms with Crippen LogP contribution in [0, 0.1) is 11.8 Å². The van der Waals surface area contributed by atoms with Gasteiger partial charge in [-0.2, -0.15) is 0 Å². The number of benzene rings is 2. The number of methoxy groups -OCH3 is 1. The number of nitrogens with one attached hydrogen (secondary N) is 1. The number of amides is 2. The van der Waals surface area contributed by atoms with Gasteiger partial charge in [0.15, 0.2) is 0 Å². The molecule has 0 saturated carbocycles. The van der Waals surface area contributed by atoms with Crippen LogP contribution in [0.4, 0.5) is 5.69 Å². The van der Waals surface area contributed by atoms with Crippen molar-refractivity contribution in [3.8, 4) is 5.75 Å². The number of hydrogen-bond donors (Lipinski definition) is 2. The van der Waals surface area contributed by atoms with Crippen molar-refractivity contribution < 1.29 is 24.2 Å². The van der Waals surface area contributed by atoms with Crippen LogP contribution in [-0.2, 0) is 14.4 Å². The zero-order chi connectivity index (χ0) is 21.0. The second kappa shape index (κ2) is 8.77. The maximum atomic E-state index is 12.9. The van der Waals surface area contributed by atoms with E-state index in [9.17, 15) is 19.5 Å². The van der Waals surface area contributed by atoms with Crippen molar-refractivity contribution in [3.05, 3.63) is 60.2 Å². The summed E-state index contributed by atoms with van der Waals surface area (Å²) in [5, 5.41) is 12.3. The molecule has 3 atom stereocenters. The molecule has 1 fully saturated rings. The van der Waals surface area contributed by atoms with E-state index in [1.54, 1.807) is 54.3 Å². The predicted octanol–water partition coefficient (Wildman–Crippen LogP) is 2.63. The summed E-state index contributed by atoms with van der Waals surface area (Å²) in [7, 11) is 1.53. The van der Waals surface area contributed by atoms with Crippen LogP contribution in [0.5, 0.6) is 5.75 Å². The number of ether oxygens (including phenoxy) is 1. The van der Waals surface area contributed by atoms with Gasteiger partial charge in [-0.3, -0.25) is 14.4 Å². The largest absolute Gasteiger partial charge is 0.495 e. The molecule has 0 bridgehead atoms. The van der Waals surface area contributed by atoms with Crippen molar-refractivity contribution in [2.75, 3.05) is 18.6 Å². The maximum absolute atomic E-state index is 12.9. The molecule has 1 saturated heterocycles. The molecule has 3 unspecified atom stereocenters. The fourth-order valence-corrected chi connectivity index (χ4v) is 3.54. The molecule has 0 aromatic heterocycles. The molecule has 0 spiro atoms. The van der Waals surface area contributed by atoms with E-state index in [1.807, 2.05) is 12.1 Å². The van der Waals surface area contributed by atoms with Crippen LogP contribution in [0.25, 0.3) is 0 Å². The lowest BCUT2D eigenvalue weighted by atomic mass is 9.93. The lowest BCUT2D eigenvalue weighted by molar-refractivity contribution is -0.142. The zero-order valence-electron chi connectivity index (χ0n) is 16.4. The van der Waals surface area contributed by atoms with Crippen molar-refractivity contribution in [3.63, 3.8) is 0 Å². The molecule has 29 heavy (non-hydrogen) atoms. The van der Waals surface area contributed by atoms with Crippen molar-refractivity contribution in [2.24, 2.45) is 11.8 Å². The Balaban J connectivity index is 1.77. The highest BCUT2D eigenvalue weighted by Gasteiger charge is 2.38. The Bertz CT molecular complexity index is 899. The van der Waals surface area contributed by atoms with Crippen LogP contribution in [0.3, 0.4) is 0 Å². The minimum Gasteiger partial charge on any atom is -0.495 e. The maximum Gasteiger partial charge on any atom is 0.308 e. The molecule has 1 heterocycles. The van der Waals surface area contributed by atoms with Gasteiger partial charge in [0.2, 0.25) is 11.8 Å². The van der Waals surface area contributed by atoms with Gasteiger partial charge in [0, 0.05) is 13.0 Å². The molecule has 2 N–H and O–H groups in total. The molecular formula is C22H24N2O5. The van der Waals surface area contributed by atoms with Gasteiger partial charge in [0.25, 0.3) is 0 Å². The third-order valence-electron chi connectivity index (χ3n) is 5.22. The summed E-state index contributed by atoms with van der Waals surface area (Å²) in [5.74, 6) is -2.33. The number of carbonyl (C=O) groups excluding carboxylic acids is 2. The third-order valence-corrected chi connectivity index (χ3v) is 5.22. The summed E-state index contributed by atoms with van der Waals surface area (Å²) >= 11 is 0. The van der Waals surface area contributed by atoms with Crippen LogP contribution < -0.4 is 15.0 Å². The number of nitrogens with zero attached hydrogens (tertiary/aromatic N) is 1. The van der Waals surface area contributed by atoms with Gasteiger partial charge in [-0.1, -0.05) is 42.5 Å². The second-order valence-electron chi connectivity index (χ2n) is 7.10. The number of carboxylic acid groups (broad SMARTS) is 1. The summed E-state index contributed by atoms with van der Waals surface area (Å²) in [6.45, 7) is 1.77. The van der Waals surface area contributed by atoms with Crippen molar-refractivity contribution in [2.45, 2.75) is 19.4 Å². The summed E-state index contributed by atoms with van der Waals surface area (Å²) < 4.78 is 5.32. The van der Waals surface area contributed by atoms with E-state index in [0.29, 0.717) is 17.0 Å². The Hall–Kier alpha value is -3.35. The van der Waals surface area contributed by atoms with Gasteiger partial charge < -0.3 is 20.1 Å². The normalized spacial score (nSPS) is 18.2. The van der Waals surface area contributed by atoms with Crippen molar-refractivity contribution in [1.82, 2.24) is 5.32 Å². The van der Waals surface area contributed by atoms with Crippen LogP contribution in [0.15, 0.2) is 54.6 Å². The third kappa shape index (κ3) is 4.39. The summed E-state index contributed by atoms with van der Waals surface area (Å²) in [6, 6.07) is 15.5. The second-order valence-corrected chi connectivity index (χ2v) is 7.10. The first-order valence-corrected chi connectivity index (χ1v) is 9.44. The number of hydrogen-bond acceptors (Lipinski definition) is 4. The summed E-state index contributed by atoms with van der Waals surface area (Å²) in [6.07, 6.45) is 0.0623. The first-order chi connectivity index (χ1) is 13.9. The molecule has 1 aliphatic heterocycles. The minimum absolute atomic E-state index is 0.0623. The average molecular weight is 396 g/mol. The average Bonchev–Trinajstić information content (AvgIpc) is 3.13. The molecular weight excluding hydrogens is 372 g/mol. The Morgan fingerprint density at radius 3 is 2.45 bits per heavy atom. The molecule has 1 aliphatic rings. The van der Waals surface area contributed by atoms with E-state index in [2.05, 4.69) is 5.32 Å². The number of rotatable bonds is 7. The van der Waals surface area contributed by atoms with Crippen LogP contribution in [0.1, 0.15) is 24.9 Å².